The minimum Gasteiger partial charge on any atom is -0.308 e. The summed E-state index contributed by atoms with van der Waals surface area (Å²) in [4.78, 5) is -0.0124. The summed E-state index contributed by atoms with van der Waals surface area (Å²) in [5.41, 5.74) is 2.87. The number of benzene rings is 2. The Bertz CT molecular complexity index is 827. The number of hydrogen-bond donors (Lipinski definition) is 2. The quantitative estimate of drug-likeness (QED) is 0.870. The van der Waals surface area contributed by atoms with E-state index in [9.17, 15) is 12.8 Å². The first-order chi connectivity index (χ1) is 11.0. The highest BCUT2D eigenvalue weighted by Gasteiger charge is 2.23. The van der Waals surface area contributed by atoms with Crippen LogP contribution in [-0.4, -0.2) is 21.5 Å². The van der Waals surface area contributed by atoms with Crippen LogP contribution in [0.5, 0.6) is 0 Å². The van der Waals surface area contributed by atoms with Crippen molar-refractivity contribution in [3.8, 4) is 0 Å². The number of nitrogens with one attached hydrogen (secondary N) is 2. The molecular weight excluding hydrogens is 351 g/mol. The molecule has 1 heterocycles. The molecule has 1 unspecified atom stereocenters. The summed E-state index contributed by atoms with van der Waals surface area (Å²) in [5, 5.41) is 3.32. The van der Waals surface area contributed by atoms with E-state index in [1.165, 1.54) is 17.7 Å². The Labute approximate surface area is 147 Å². The summed E-state index contributed by atoms with van der Waals surface area (Å²) < 4.78 is 40.9. The molecule has 3 rings (SSSR count). The topological polar surface area (TPSA) is 58.2 Å². The predicted octanol–water partition coefficient (Wildman–Crippen LogP) is 2.72. The van der Waals surface area contributed by atoms with Gasteiger partial charge in [0.25, 0.3) is 0 Å². The lowest BCUT2D eigenvalue weighted by atomic mass is 9.95. The first-order valence-corrected chi connectivity index (χ1v) is 9.03. The maximum Gasteiger partial charge on any atom is 0.240 e. The predicted molar refractivity (Wildman–Crippen MR) is 94.5 cm³/mol. The average molecular weight is 371 g/mol. The van der Waals surface area contributed by atoms with Crippen molar-refractivity contribution in [2.45, 2.75) is 24.3 Å². The third-order valence-corrected chi connectivity index (χ3v) is 5.70. The maximum atomic E-state index is 13.4. The van der Waals surface area contributed by atoms with Crippen LogP contribution in [0.1, 0.15) is 22.7 Å². The number of hydrogen-bond acceptors (Lipinski definition) is 3. The van der Waals surface area contributed by atoms with E-state index in [1.54, 1.807) is 6.92 Å². The zero-order chi connectivity index (χ0) is 16.4. The Morgan fingerprint density at radius 3 is 2.79 bits per heavy atom. The molecule has 7 heteroatoms. The number of rotatable bonds is 4. The van der Waals surface area contributed by atoms with Crippen LogP contribution in [0.3, 0.4) is 0 Å². The lowest BCUT2D eigenvalue weighted by molar-refractivity contribution is 0.491. The third-order valence-electron chi connectivity index (χ3n) is 4.13. The van der Waals surface area contributed by atoms with Gasteiger partial charge in [0.05, 0.1) is 4.90 Å². The molecule has 2 N–H and O–H groups in total. The number of halogens is 2. The molecule has 1 aliphatic rings. The molecule has 24 heavy (non-hydrogen) atoms. The largest absolute Gasteiger partial charge is 0.308 e. The zero-order valence-corrected chi connectivity index (χ0v) is 14.9. The van der Waals surface area contributed by atoms with Crippen LogP contribution in [0.2, 0.25) is 0 Å². The van der Waals surface area contributed by atoms with E-state index in [-0.39, 0.29) is 29.9 Å². The van der Waals surface area contributed by atoms with Crippen molar-refractivity contribution < 1.29 is 12.8 Å². The molecule has 2 aromatic carbocycles. The zero-order valence-electron chi connectivity index (χ0n) is 13.3. The van der Waals surface area contributed by atoms with Crippen molar-refractivity contribution in [3.63, 3.8) is 0 Å². The Morgan fingerprint density at radius 2 is 2.00 bits per heavy atom. The van der Waals surface area contributed by atoms with E-state index in [0.717, 1.165) is 24.6 Å². The van der Waals surface area contributed by atoms with Crippen molar-refractivity contribution in [1.29, 1.82) is 0 Å². The minimum atomic E-state index is -3.75. The molecular formula is C17H20ClFN2O2S. The van der Waals surface area contributed by atoms with Gasteiger partial charge in [0.2, 0.25) is 10.0 Å². The third kappa shape index (κ3) is 3.95. The van der Waals surface area contributed by atoms with Crippen LogP contribution < -0.4 is 10.0 Å². The van der Waals surface area contributed by atoms with E-state index in [1.807, 2.05) is 18.2 Å². The van der Waals surface area contributed by atoms with Crippen LogP contribution in [-0.2, 0) is 16.4 Å². The molecule has 0 aromatic heterocycles. The molecule has 0 bridgehead atoms. The van der Waals surface area contributed by atoms with Gasteiger partial charge in [-0.25, -0.2) is 17.5 Å². The molecule has 0 fully saturated rings. The summed E-state index contributed by atoms with van der Waals surface area (Å²) in [6, 6.07) is 11.7. The second-order valence-corrected chi connectivity index (χ2v) is 7.45. The Balaban J connectivity index is 0.00000208. The van der Waals surface area contributed by atoms with E-state index >= 15 is 0 Å². The van der Waals surface area contributed by atoms with Gasteiger partial charge in [0.15, 0.2) is 0 Å². The van der Waals surface area contributed by atoms with Crippen molar-refractivity contribution in [1.82, 2.24) is 10.0 Å². The molecule has 0 saturated carbocycles. The summed E-state index contributed by atoms with van der Waals surface area (Å²) in [6.45, 7) is 2.69. The van der Waals surface area contributed by atoms with Gasteiger partial charge in [0, 0.05) is 12.6 Å². The number of aryl methyl sites for hydroxylation is 1. The van der Waals surface area contributed by atoms with Crippen LogP contribution in [0, 0.1) is 12.7 Å². The minimum absolute atomic E-state index is 0. The van der Waals surface area contributed by atoms with Crippen LogP contribution in [0.25, 0.3) is 0 Å². The van der Waals surface area contributed by atoms with Gasteiger partial charge in [-0.3, -0.25) is 0 Å². The summed E-state index contributed by atoms with van der Waals surface area (Å²) >= 11 is 0. The molecule has 1 atom stereocenters. The van der Waals surface area contributed by atoms with Crippen LogP contribution in [0.4, 0.5) is 4.39 Å². The van der Waals surface area contributed by atoms with E-state index < -0.39 is 15.8 Å². The summed E-state index contributed by atoms with van der Waals surface area (Å²) in [5.74, 6) is -0.558. The maximum absolute atomic E-state index is 13.4. The van der Waals surface area contributed by atoms with E-state index in [2.05, 4.69) is 16.1 Å². The Morgan fingerprint density at radius 1 is 1.25 bits per heavy atom. The smallest absolute Gasteiger partial charge is 0.240 e. The lowest BCUT2D eigenvalue weighted by Gasteiger charge is -2.27. The monoisotopic (exact) mass is 370 g/mol. The number of sulfonamides is 1. The first-order valence-electron chi connectivity index (χ1n) is 7.54. The average Bonchev–Trinajstić information content (AvgIpc) is 2.55. The molecule has 0 radical (unpaired) electrons. The number of fused-ring (bicyclic) bond motifs is 1. The Kier molecular flexibility index (Phi) is 5.98. The molecule has 0 aliphatic carbocycles. The standard InChI is InChI=1S/C17H19FN2O2S.ClH/c1-12-6-7-14(18)10-17(12)23(21,22)20-11-16-15-5-3-2-4-13(15)8-9-19-16;/h2-7,10,16,19-20H,8-9,11H2,1H3;1H. The Hall–Kier alpha value is -1.47. The van der Waals surface area contributed by atoms with Crippen LogP contribution in [0.15, 0.2) is 47.4 Å². The van der Waals surface area contributed by atoms with Gasteiger partial charge in [0.1, 0.15) is 5.82 Å². The van der Waals surface area contributed by atoms with Crippen molar-refractivity contribution in [3.05, 3.63) is 65.0 Å². The molecule has 1 aliphatic heterocycles. The van der Waals surface area contributed by atoms with Crippen LogP contribution >= 0.6 is 12.4 Å². The van der Waals surface area contributed by atoms with Gasteiger partial charge >= 0.3 is 0 Å². The van der Waals surface area contributed by atoms with Crippen molar-refractivity contribution in [2.75, 3.05) is 13.1 Å². The highest BCUT2D eigenvalue weighted by atomic mass is 35.5. The van der Waals surface area contributed by atoms with Gasteiger partial charge in [-0.1, -0.05) is 30.3 Å². The second kappa shape index (κ2) is 7.61. The molecule has 4 nitrogen and oxygen atoms in total. The van der Waals surface area contributed by atoms with Crippen molar-refractivity contribution in [2.24, 2.45) is 0 Å². The summed E-state index contributed by atoms with van der Waals surface area (Å²) in [7, 11) is -3.75. The van der Waals surface area contributed by atoms with Gasteiger partial charge < -0.3 is 5.32 Å². The fourth-order valence-electron chi connectivity index (χ4n) is 2.91. The summed E-state index contributed by atoms with van der Waals surface area (Å²) in [6.07, 6.45) is 0.933. The fourth-order valence-corrected chi connectivity index (χ4v) is 4.21. The van der Waals surface area contributed by atoms with Gasteiger partial charge in [-0.2, -0.15) is 0 Å². The van der Waals surface area contributed by atoms with Crippen molar-refractivity contribution >= 4 is 22.4 Å². The highest BCUT2D eigenvalue weighted by Crippen LogP contribution is 2.23. The first kappa shape index (κ1) is 18.9. The van der Waals surface area contributed by atoms with Gasteiger partial charge in [-0.15, -0.1) is 12.4 Å². The van der Waals surface area contributed by atoms with E-state index in [0.29, 0.717) is 5.56 Å². The fraction of sp³-hybridized carbons (Fsp3) is 0.294. The molecule has 0 amide bonds. The molecule has 2 aromatic rings. The van der Waals surface area contributed by atoms with Gasteiger partial charge in [-0.05, 0) is 48.7 Å². The molecule has 130 valence electrons. The highest BCUT2D eigenvalue weighted by molar-refractivity contribution is 7.89. The molecule has 0 spiro atoms. The van der Waals surface area contributed by atoms with E-state index in [4.69, 9.17) is 0 Å². The lowest BCUT2D eigenvalue weighted by Crippen LogP contribution is -2.39. The molecule has 0 saturated heterocycles. The normalized spacial score (nSPS) is 17.0. The second-order valence-electron chi connectivity index (χ2n) is 5.72. The SMILES string of the molecule is Cc1ccc(F)cc1S(=O)(=O)NCC1NCCc2ccccc21.Cl.